The molecular weight excluding hydrogens is 969 g/mol. The lowest BCUT2D eigenvalue weighted by atomic mass is 9.91. The molecule has 0 spiro atoms. The third-order valence-corrected chi connectivity index (χ3v) is 14.2. The van der Waals surface area contributed by atoms with Crippen molar-refractivity contribution in [2.45, 2.75) is 196 Å². The number of benzene rings is 1. The van der Waals surface area contributed by atoms with Gasteiger partial charge < -0.3 is 87.2 Å². The minimum Gasteiger partial charge on any atom is -0.508 e. The molecule has 74 heavy (non-hydrogen) atoms. The fourth-order valence-electron chi connectivity index (χ4n) is 9.67. The van der Waals surface area contributed by atoms with Crippen molar-refractivity contribution in [3.63, 3.8) is 0 Å². The Bertz CT molecular complexity index is 2090. The summed E-state index contributed by atoms with van der Waals surface area (Å²) in [6.07, 6.45) is -8.69. The highest BCUT2D eigenvalue weighted by atomic mass is 16.3. The molecule has 0 bridgehead atoms. The van der Waals surface area contributed by atoms with E-state index in [1.54, 1.807) is 0 Å². The van der Waals surface area contributed by atoms with E-state index >= 15 is 0 Å². The quantitative estimate of drug-likeness (QED) is 0.0512. The number of phenolic OH excluding ortho intramolecular Hbond substituents is 1. The van der Waals surface area contributed by atoms with E-state index in [-0.39, 0.29) is 24.2 Å². The smallest absolute Gasteiger partial charge is 0.248 e. The van der Waals surface area contributed by atoms with Crippen LogP contribution in [0.1, 0.15) is 123 Å². The zero-order chi connectivity index (χ0) is 55.0. The molecule has 24 nitrogen and oxygen atoms in total. The van der Waals surface area contributed by atoms with Crippen LogP contribution < -0.4 is 26.6 Å². The van der Waals surface area contributed by atoms with Crippen molar-refractivity contribution in [2.75, 3.05) is 19.6 Å². The number of nitrogens with zero attached hydrogens (tertiary/aromatic N) is 3. The maximum Gasteiger partial charge on any atom is 0.248 e. The second-order valence-corrected chi connectivity index (χ2v) is 20.3. The maximum atomic E-state index is 14.3. The van der Waals surface area contributed by atoms with E-state index in [0.29, 0.717) is 24.7 Å². The van der Waals surface area contributed by atoms with Gasteiger partial charge >= 0.3 is 0 Å². The number of amides is 7. The molecule has 3 aliphatic heterocycles. The monoisotopic (exact) mass is 1050 g/mol. The second-order valence-electron chi connectivity index (χ2n) is 20.3. The third-order valence-electron chi connectivity index (χ3n) is 14.2. The van der Waals surface area contributed by atoms with Crippen LogP contribution in [0.2, 0.25) is 0 Å². The topological polar surface area (TPSA) is 373 Å². The molecule has 16 atom stereocenters. The van der Waals surface area contributed by atoms with Crippen LogP contribution in [0.4, 0.5) is 0 Å². The number of carbonyl (C=O) groups excluding carboxylic acids is 7. The van der Waals surface area contributed by atoms with Crippen LogP contribution in [0.5, 0.6) is 5.75 Å². The number of rotatable bonds is 19. The van der Waals surface area contributed by atoms with Crippen LogP contribution in [0.15, 0.2) is 24.3 Å². The van der Waals surface area contributed by atoms with Gasteiger partial charge in [0.25, 0.3) is 0 Å². The lowest BCUT2D eigenvalue weighted by Crippen LogP contribution is -2.64. The number of hydrogen-bond acceptors (Lipinski definition) is 16. The third kappa shape index (κ3) is 17.0. The highest BCUT2D eigenvalue weighted by Crippen LogP contribution is 2.26. The van der Waals surface area contributed by atoms with Crippen molar-refractivity contribution >= 4 is 41.4 Å². The largest absolute Gasteiger partial charge is 0.508 e. The van der Waals surface area contributed by atoms with Gasteiger partial charge in [-0.15, -0.1) is 0 Å². The molecular formula is C50H78N8O16. The molecule has 3 heterocycles. The number of unbranched alkanes of at least 4 members (excludes halogenated alkanes) is 5. The lowest BCUT2D eigenvalue weighted by Gasteiger charge is -2.34. The molecule has 0 aromatic heterocycles. The molecule has 414 valence electrons. The van der Waals surface area contributed by atoms with Gasteiger partial charge in [0.1, 0.15) is 60.3 Å². The first-order valence-corrected chi connectivity index (χ1v) is 25.7. The summed E-state index contributed by atoms with van der Waals surface area (Å²) in [5, 5.41) is 110. The Balaban J connectivity index is 1.68. The number of carbonyl (C=O) groups is 7. The standard InChI is InChI=1S/C50H78N8O16/c1-6-26(2)21-27(3)13-11-9-7-8-10-12-14-37(65)52-32-23-35(63)46(70)56-48(72)41-34(62)19-20-57(41)50(74)39(36(64)24-51-5)54-47(71)40(43(67)42(66)29-15-17-30(60)18-16-29)55-45(69)33-22-31(61)25-58(33)49(73)38(28(4)59)53-44(32)68/h15-18,26-28,31-36,38-43,46,59-64,66-67,70H,6-14,19-25H2,1-4H3,(H,52,65)(H,53,68)(H,54,71)(H,55,69)(H,56,72)/t26?,27?,28-,31-,32?,33+,34+,35-,36-,38+,39+,40+,41+,42-,43+,46-/m1/s1. The van der Waals surface area contributed by atoms with Crippen molar-refractivity contribution in [1.82, 2.24) is 36.4 Å². The zero-order valence-corrected chi connectivity index (χ0v) is 42.6. The Kier molecular flexibility index (Phi) is 23.9. The van der Waals surface area contributed by atoms with Gasteiger partial charge in [0.15, 0.2) is 12.3 Å². The molecule has 4 rings (SSSR count). The molecule has 7 amide bonds. The van der Waals surface area contributed by atoms with E-state index in [9.17, 15) is 79.5 Å². The molecule has 3 aliphatic rings. The highest BCUT2D eigenvalue weighted by molar-refractivity contribution is 5.98. The van der Waals surface area contributed by atoms with E-state index in [1.165, 1.54) is 18.6 Å². The Hall–Kier alpha value is -5.52. The minimum atomic E-state index is -2.32. The van der Waals surface area contributed by atoms with Crippen molar-refractivity contribution in [2.24, 2.45) is 11.8 Å². The molecule has 3 saturated heterocycles. The summed E-state index contributed by atoms with van der Waals surface area (Å²) >= 11 is 0. The van der Waals surface area contributed by atoms with Gasteiger partial charge in [0.2, 0.25) is 47.9 Å². The van der Waals surface area contributed by atoms with E-state index in [0.717, 1.165) is 67.4 Å². The van der Waals surface area contributed by atoms with Crippen molar-refractivity contribution in [3.8, 4) is 5.75 Å². The lowest BCUT2D eigenvalue weighted by molar-refractivity contribution is -0.148. The van der Waals surface area contributed by atoms with Gasteiger partial charge in [-0.05, 0) is 55.7 Å². The molecule has 3 unspecified atom stereocenters. The van der Waals surface area contributed by atoms with E-state index in [2.05, 4.69) is 52.2 Å². The molecule has 0 aliphatic carbocycles. The van der Waals surface area contributed by atoms with Gasteiger partial charge in [0, 0.05) is 32.4 Å². The van der Waals surface area contributed by atoms with Crippen molar-refractivity contribution < 1.29 is 79.5 Å². The second kappa shape index (κ2) is 29.0. The average Bonchev–Trinajstić information content (AvgIpc) is 3.95. The predicted octanol–water partition coefficient (Wildman–Crippen LogP) is -2.30. The Morgan fingerprint density at radius 1 is 0.743 bits per heavy atom. The van der Waals surface area contributed by atoms with Crippen LogP contribution in [-0.2, 0) is 33.6 Å². The SMILES string of the molecule is [C-]#[N+]C[C@@H](O)[C@@H]1NC(=O)[C@H]([C@H](O)[C@H](O)c2ccc(O)cc2)NC(=O)[C@@H]2C[C@@H](O)CN2C(=O)[C@H]([C@@H](C)O)NC(=O)C(NC(=O)CCCCCCCCC(C)CC(C)CC)C[C@@H](O)[C@@H](O)NC(=O)[C@@H]2[C@@H](O)CCN2C1=O. The first-order valence-electron chi connectivity index (χ1n) is 25.7. The molecule has 0 saturated carbocycles. The summed E-state index contributed by atoms with van der Waals surface area (Å²) in [6, 6.07) is -7.06. The summed E-state index contributed by atoms with van der Waals surface area (Å²) in [7, 11) is 0. The summed E-state index contributed by atoms with van der Waals surface area (Å²) in [5.74, 6) is -7.16. The first kappa shape index (κ1) is 61.0. The van der Waals surface area contributed by atoms with E-state index < -0.39 is 159 Å². The molecule has 0 radical (unpaired) electrons. The van der Waals surface area contributed by atoms with Crippen LogP contribution in [0, 0.1) is 18.4 Å². The Morgan fingerprint density at radius 2 is 1.35 bits per heavy atom. The first-order chi connectivity index (χ1) is 35.0. The number of phenols is 1. The molecule has 14 N–H and O–H groups in total. The van der Waals surface area contributed by atoms with E-state index in [1.807, 2.05) is 0 Å². The number of fused-ring (bicyclic) bond motifs is 2. The number of aliphatic hydroxyl groups excluding tert-OH is 8. The number of nitrogens with one attached hydrogen (secondary N) is 5. The van der Waals surface area contributed by atoms with Crippen LogP contribution in [0.25, 0.3) is 4.85 Å². The number of hydrogen-bond donors (Lipinski definition) is 14. The summed E-state index contributed by atoms with van der Waals surface area (Å²) in [6.45, 7) is 13.4. The summed E-state index contributed by atoms with van der Waals surface area (Å²) < 4.78 is 0. The molecule has 24 heteroatoms. The minimum absolute atomic E-state index is 0.0691. The Labute approximate surface area is 431 Å². The molecule has 1 aromatic rings. The van der Waals surface area contributed by atoms with Crippen LogP contribution in [-0.4, -0.2) is 196 Å². The summed E-state index contributed by atoms with van der Waals surface area (Å²) in [4.78, 5) is 103. The van der Waals surface area contributed by atoms with Crippen molar-refractivity contribution in [3.05, 3.63) is 41.2 Å². The normalized spacial score (nSPS) is 29.2. The summed E-state index contributed by atoms with van der Waals surface area (Å²) in [5.41, 5.74) is -0.0933. The van der Waals surface area contributed by atoms with Gasteiger partial charge in [0.05, 0.1) is 18.3 Å². The Morgan fingerprint density at radius 3 is 1.99 bits per heavy atom. The maximum absolute atomic E-state index is 14.3. The van der Waals surface area contributed by atoms with Gasteiger partial charge in [-0.1, -0.05) is 77.8 Å². The van der Waals surface area contributed by atoms with Crippen LogP contribution >= 0.6 is 0 Å². The highest BCUT2D eigenvalue weighted by Gasteiger charge is 2.49. The van der Waals surface area contributed by atoms with Gasteiger partial charge in [-0.2, -0.15) is 0 Å². The van der Waals surface area contributed by atoms with E-state index in [4.69, 9.17) is 6.57 Å². The van der Waals surface area contributed by atoms with Crippen molar-refractivity contribution in [1.29, 1.82) is 0 Å². The fourth-order valence-corrected chi connectivity index (χ4v) is 9.67. The van der Waals surface area contributed by atoms with Gasteiger partial charge in [-0.3, -0.25) is 33.6 Å². The van der Waals surface area contributed by atoms with Gasteiger partial charge in [-0.25, -0.2) is 6.57 Å². The average molecular weight is 1050 g/mol. The molecule has 1 aromatic carbocycles. The van der Waals surface area contributed by atoms with Crippen LogP contribution in [0.3, 0.4) is 0 Å². The molecule has 3 fully saturated rings. The zero-order valence-electron chi connectivity index (χ0n) is 42.6. The fraction of sp³-hybridized carbons (Fsp3) is 0.720. The number of aromatic hydroxyl groups is 1. The number of aliphatic hydroxyl groups is 8. The predicted molar refractivity (Wildman–Crippen MR) is 263 cm³/mol.